The molecule has 1 fully saturated rings. The number of aromatic nitrogens is 1. The van der Waals surface area contributed by atoms with Crippen molar-refractivity contribution in [2.75, 3.05) is 13.6 Å². The Kier molecular flexibility index (Phi) is 2.39. The van der Waals surface area contributed by atoms with E-state index in [0.717, 1.165) is 17.3 Å². The van der Waals surface area contributed by atoms with Crippen molar-refractivity contribution >= 4 is 22.8 Å². The molecular weight excluding hydrogens is 250 g/mol. The lowest BCUT2D eigenvalue weighted by Crippen LogP contribution is -2.13. The Morgan fingerprint density at radius 1 is 1.25 bits per heavy atom. The van der Waals surface area contributed by atoms with Crippen molar-refractivity contribution in [2.24, 2.45) is 5.10 Å². The Hall–Kier alpha value is -2.23. The second kappa shape index (κ2) is 4.13. The zero-order chi connectivity index (χ0) is 13.7. The number of nitrogens with zero attached hydrogens (tertiary/aromatic N) is 3. The maximum Gasteiger partial charge on any atom is 0.141 e. The van der Waals surface area contributed by atoms with Crippen LogP contribution in [-0.2, 0) is 4.79 Å². The van der Waals surface area contributed by atoms with Gasteiger partial charge in [-0.25, -0.2) is 0 Å². The van der Waals surface area contributed by atoms with Gasteiger partial charge in [-0.05, 0) is 28.6 Å². The van der Waals surface area contributed by atoms with Gasteiger partial charge >= 0.3 is 0 Å². The molecule has 0 saturated heterocycles. The summed E-state index contributed by atoms with van der Waals surface area (Å²) in [5, 5.41) is 8.54. The van der Waals surface area contributed by atoms with Crippen LogP contribution in [0.2, 0.25) is 0 Å². The first-order chi connectivity index (χ1) is 9.72. The highest BCUT2D eigenvalue weighted by Gasteiger charge is 2.39. The van der Waals surface area contributed by atoms with E-state index in [4.69, 9.17) is 0 Å². The fourth-order valence-corrected chi connectivity index (χ4v) is 2.97. The van der Waals surface area contributed by atoms with Gasteiger partial charge in [-0.1, -0.05) is 6.07 Å². The van der Waals surface area contributed by atoms with Crippen molar-refractivity contribution in [1.82, 2.24) is 9.99 Å². The van der Waals surface area contributed by atoms with E-state index < -0.39 is 0 Å². The SMILES string of the molecule is CN1CC(c2cc3cnccc3cc2C2CC2=O)C=N1. The third-order valence-electron chi connectivity index (χ3n) is 4.16. The lowest BCUT2D eigenvalue weighted by molar-refractivity contribution is -0.110. The van der Waals surface area contributed by atoms with Crippen LogP contribution < -0.4 is 0 Å². The number of benzene rings is 1. The van der Waals surface area contributed by atoms with E-state index in [1.165, 1.54) is 11.1 Å². The van der Waals surface area contributed by atoms with Crippen molar-refractivity contribution < 1.29 is 4.79 Å². The van der Waals surface area contributed by atoms with E-state index in [0.29, 0.717) is 12.2 Å². The van der Waals surface area contributed by atoms with E-state index in [1.54, 1.807) is 6.20 Å². The molecule has 1 aliphatic heterocycles. The summed E-state index contributed by atoms with van der Waals surface area (Å²) in [6.45, 7) is 0.875. The van der Waals surface area contributed by atoms with Crippen LogP contribution in [0.25, 0.3) is 10.8 Å². The molecule has 1 aliphatic carbocycles. The molecule has 2 atom stereocenters. The number of ketones is 1. The third-order valence-corrected chi connectivity index (χ3v) is 4.16. The van der Waals surface area contributed by atoms with Crippen molar-refractivity contribution in [3.63, 3.8) is 0 Å². The van der Waals surface area contributed by atoms with Crippen molar-refractivity contribution in [3.8, 4) is 0 Å². The van der Waals surface area contributed by atoms with Gasteiger partial charge in [0, 0.05) is 55.8 Å². The molecule has 20 heavy (non-hydrogen) atoms. The smallest absolute Gasteiger partial charge is 0.141 e. The lowest BCUT2D eigenvalue weighted by atomic mass is 9.90. The molecule has 1 saturated carbocycles. The number of rotatable bonds is 2. The summed E-state index contributed by atoms with van der Waals surface area (Å²) in [5.74, 6) is 0.720. The molecule has 4 rings (SSSR count). The number of hydrogen-bond acceptors (Lipinski definition) is 4. The quantitative estimate of drug-likeness (QED) is 0.837. The lowest BCUT2D eigenvalue weighted by Gasteiger charge is -2.15. The highest BCUT2D eigenvalue weighted by atomic mass is 16.1. The second-order valence-corrected chi connectivity index (χ2v) is 5.64. The molecule has 4 heteroatoms. The molecule has 2 unspecified atom stereocenters. The molecule has 0 bridgehead atoms. The van der Waals surface area contributed by atoms with Crippen molar-refractivity contribution in [2.45, 2.75) is 18.3 Å². The summed E-state index contributed by atoms with van der Waals surface area (Å²) in [5.41, 5.74) is 2.41. The Balaban J connectivity index is 1.88. The predicted molar refractivity (Wildman–Crippen MR) is 78.0 cm³/mol. The largest absolute Gasteiger partial charge is 0.299 e. The van der Waals surface area contributed by atoms with Crippen molar-refractivity contribution in [1.29, 1.82) is 0 Å². The first-order valence-electron chi connectivity index (χ1n) is 6.88. The van der Waals surface area contributed by atoms with E-state index in [-0.39, 0.29) is 11.8 Å². The van der Waals surface area contributed by atoms with Gasteiger partial charge in [0.05, 0.1) is 0 Å². The molecule has 4 nitrogen and oxygen atoms in total. The van der Waals surface area contributed by atoms with Crippen LogP contribution in [-0.4, -0.2) is 35.6 Å². The molecule has 0 amide bonds. The fourth-order valence-electron chi connectivity index (χ4n) is 2.97. The minimum absolute atomic E-state index is 0.0990. The second-order valence-electron chi connectivity index (χ2n) is 5.64. The fraction of sp³-hybridized carbons (Fsp3) is 0.312. The van der Waals surface area contributed by atoms with Crippen LogP contribution in [0.4, 0.5) is 0 Å². The van der Waals surface area contributed by atoms with Crippen LogP contribution in [0, 0.1) is 0 Å². The summed E-state index contributed by atoms with van der Waals surface area (Å²) in [4.78, 5) is 15.8. The standard InChI is InChI=1S/C16H15N3O/c1-19-9-12(8-18-19)13-5-11-7-17-3-2-10(11)4-14(13)15-6-16(15)20/h2-5,7-8,12,15H,6,9H2,1H3. The number of fused-ring (bicyclic) bond motifs is 1. The monoisotopic (exact) mass is 265 g/mol. The first kappa shape index (κ1) is 11.6. The molecule has 0 spiro atoms. The molecule has 2 aliphatic rings. The Labute approximate surface area is 117 Å². The van der Waals surface area contributed by atoms with Gasteiger partial charge in [-0.15, -0.1) is 0 Å². The van der Waals surface area contributed by atoms with E-state index in [2.05, 4.69) is 22.2 Å². The maximum atomic E-state index is 11.6. The van der Waals surface area contributed by atoms with Gasteiger partial charge in [0.2, 0.25) is 0 Å². The molecule has 100 valence electrons. The molecule has 1 aromatic heterocycles. The van der Waals surface area contributed by atoms with Crippen LogP contribution in [0.1, 0.15) is 29.4 Å². The van der Waals surface area contributed by atoms with Crippen LogP contribution in [0.15, 0.2) is 35.7 Å². The molecular formula is C16H15N3O. The first-order valence-corrected chi connectivity index (χ1v) is 6.88. The minimum Gasteiger partial charge on any atom is -0.299 e. The summed E-state index contributed by atoms with van der Waals surface area (Å²) in [6.07, 6.45) is 6.34. The molecule has 1 aromatic carbocycles. The van der Waals surface area contributed by atoms with Crippen LogP contribution in [0.3, 0.4) is 0 Å². The molecule has 2 aromatic rings. The number of carbonyl (C=O) groups excluding carboxylic acids is 1. The van der Waals surface area contributed by atoms with Gasteiger partial charge in [0.1, 0.15) is 5.78 Å². The van der Waals surface area contributed by atoms with Gasteiger partial charge < -0.3 is 0 Å². The number of hydrogen-bond donors (Lipinski definition) is 0. The molecule has 0 radical (unpaired) electrons. The average Bonchev–Trinajstić information content (AvgIpc) is 3.02. The zero-order valence-electron chi connectivity index (χ0n) is 11.3. The van der Waals surface area contributed by atoms with E-state index in [9.17, 15) is 4.79 Å². The number of pyridine rings is 1. The highest BCUT2D eigenvalue weighted by molar-refractivity contribution is 6.03. The van der Waals surface area contributed by atoms with Gasteiger partial charge in [-0.2, -0.15) is 5.10 Å². The number of likely N-dealkylation sites (N-methyl/N-ethyl adjacent to an activating group) is 1. The summed E-state index contributed by atoms with van der Waals surface area (Å²) in [6, 6.07) is 6.34. The topological polar surface area (TPSA) is 45.6 Å². The summed E-state index contributed by atoms with van der Waals surface area (Å²) >= 11 is 0. The Bertz CT molecular complexity index is 738. The number of Topliss-reactive ketones (excluding diaryl/α,β-unsaturated/α-hetero) is 1. The number of carbonyl (C=O) groups is 1. The van der Waals surface area contributed by atoms with E-state index >= 15 is 0 Å². The normalized spacial score (nSPS) is 24.6. The van der Waals surface area contributed by atoms with Crippen LogP contribution in [0.5, 0.6) is 0 Å². The van der Waals surface area contributed by atoms with Crippen LogP contribution >= 0.6 is 0 Å². The van der Waals surface area contributed by atoms with E-state index in [1.807, 2.05) is 30.5 Å². The highest BCUT2D eigenvalue weighted by Crippen LogP contribution is 2.41. The van der Waals surface area contributed by atoms with Crippen molar-refractivity contribution in [3.05, 3.63) is 41.7 Å². The number of hydrazone groups is 1. The summed E-state index contributed by atoms with van der Waals surface area (Å²) in [7, 11) is 1.97. The Morgan fingerprint density at radius 3 is 2.75 bits per heavy atom. The van der Waals surface area contributed by atoms with Gasteiger partial charge in [0.25, 0.3) is 0 Å². The third kappa shape index (κ3) is 1.80. The zero-order valence-corrected chi connectivity index (χ0v) is 11.3. The molecule has 2 heterocycles. The van der Waals surface area contributed by atoms with Gasteiger partial charge in [0.15, 0.2) is 0 Å². The predicted octanol–water partition coefficient (Wildman–Crippen LogP) is 2.31. The summed E-state index contributed by atoms with van der Waals surface area (Å²) < 4.78 is 0. The van der Waals surface area contributed by atoms with Gasteiger partial charge in [-0.3, -0.25) is 14.8 Å². The maximum absolute atomic E-state index is 11.6. The Morgan fingerprint density at radius 2 is 2.05 bits per heavy atom. The average molecular weight is 265 g/mol. The molecule has 0 N–H and O–H groups in total. The minimum atomic E-state index is 0.0990.